The van der Waals surface area contributed by atoms with Crippen molar-refractivity contribution in [2.45, 2.75) is 6.92 Å². The van der Waals surface area contributed by atoms with Gasteiger partial charge in [0.05, 0.1) is 18.5 Å². The van der Waals surface area contributed by atoms with Gasteiger partial charge in [-0.05, 0) is 61.1 Å². The summed E-state index contributed by atoms with van der Waals surface area (Å²) in [5.41, 5.74) is 2.67. The Kier molecular flexibility index (Phi) is 5.81. The highest BCUT2D eigenvalue weighted by Crippen LogP contribution is 2.25. The summed E-state index contributed by atoms with van der Waals surface area (Å²) in [5.74, 6) is 0.356. The minimum Gasteiger partial charge on any atom is -0.497 e. The van der Waals surface area contributed by atoms with Crippen LogP contribution in [-0.4, -0.2) is 65.3 Å². The summed E-state index contributed by atoms with van der Waals surface area (Å²) in [6.07, 6.45) is 0. The van der Waals surface area contributed by atoms with Crippen LogP contribution in [0.4, 0.5) is 4.39 Å². The quantitative estimate of drug-likeness (QED) is 0.649. The lowest BCUT2D eigenvalue weighted by Gasteiger charge is -2.34. The molecule has 6 nitrogen and oxygen atoms in total. The van der Waals surface area contributed by atoms with Crippen molar-refractivity contribution in [1.29, 1.82) is 0 Å². The van der Waals surface area contributed by atoms with E-state index in [-0.39, 0.29) is 11.7 Å². The van der Waals surface area contributed by atoms with Gasteiger partial charge in [-0.25, -0.2) is 9.07 Å². The summed E-state index contributed by atoms with van der Waals surface area (Å²) in [4.78, 5) is 17.5. The van der Waals surface area contributed by atoms with Gasteiger partial charge in [0.25, 0.3) is 5.91 Å². The van der Waals surface area contributed by atoms with E-state index in [9.17, 15) is 9.18 Å². The number of hydrogen-bond donors (Lipinski definition) is 0. The number of piperazine rings is 1. The van der Waals surface area contributed by atoms with Crippen LogP contribution in [0.1, 0.15) is 17.4 Å². The molecule has 1 aliphatic rings. The highest BCUT2D eigenvalue weighted by molar-refractivity contribution is 5.94. The molecule has 0 bridgehead atoms. The third-order valence-electron chi connectivity index (χ3n) is 5.49. The van der Waals surface area contributed by atoms with Crippen molar-refractivity contribution in [3.8, 4) is 22.7 Å². The van der Waals surface area contributed by atoms with Crippen LogP contribution in [-0.2, 0) is 0 Å². The van der Waals surface area contributed by atoms with Gasteiger partial charge in [-0.3, -0.25) is 4.79 Å². The minimum absolute atomic E-state index is 0.0673. The first kappa shape index (κ1) is 20.1. The van der Waals surface area contributed by atoms with Gasteiger partial charge in [-0.2, -0.15) is 5.10 Å². The molecule has 156 valence electrons. The van der Waals surface area contributed by atoms with Gasteiger partial charge in [0.15, 0.2) is 0 Å². The van der Waals surface area contributed by atoms with Crippen LogP contribution in [0.3, 0.4) is 0 Å². The average molecular weight is 408 g/mol. The Bertz CT molecular complexity index is 1010. The van der Waals surface area contributed by atoms with E-state index in [0.29, 0.717) is 30.2 Å². The number of carbonyl (C=O) groups is 1. The number of ether oxygens (including phenoxy) is 1. The van der Waals surface area contributed by atoms with Crippen LogP contribution >= 0.6 is 0 Å². The SMILES string of the molecule is CCN1CCN(C(=O)c2cc(-c3ccc(OC)cc3)nn2-c2ccc(F)cc2)CC1. The van der Waals surface area contributed by atoms with Crippen LogP contribution in [0.2, 0.25) is 0 Å². The third kappa shape index (κ3) is 4.07. The van der Waals surface area contributed by atoms with Crippen molar-refractivity contribution >= 4 is 5.91 Å². The number of methoxy groups -OCH3 is 1. The lowest BCUT2D eigenvalue weighted by Crippen LogP contribution is -2.48. The smallest absolute Gasteiger partial charge is 0.272 e. The molecule has 0 atom stereocenters. The van der Waals surface area contributed by atoms with Crippen LogP contribution in [0.25, 0.3) is 16.9 Å². The number of carbonyl (C=O) groups excluding carboxylic acids is 1. The zero-order valence-electron chi connectivity index (χ0n) is 17.2. The number of aromatic nitrogens is 2. The highest BCUT2D eigenvalue weighted by Gasteiger charge is 2.26. The van der Waals surface area contributed by atoms with Crippen LogP contribution < -0.4 is 4.74 Å². The predicted octanol–water partition coefficient (Wildman–Crippen LogP) is 3.46. The first-order chi connectivity index (χ1) is 14.6. The molecule has 1 aromatic heterocycles. The fraction of sp³-hybridized carbons (Fsp3) is 0.304. The predicted molar refractivity (Wildman–Crippen MR) is 114 cm³/mol. The van der Waals surface area contributed by atoms with Crippen LogP contribution in [0.5, 0.6) is 5.75 Å². The van der Waals surface area contributed by atoms with Crippen molar-refractivity contribution < 1.29 is 13.9 Å². The van der Waals surface area contributed by atoms with Crippen LogP contribution in [0, 0.1) is 5.82 Å². The fourth-order valence-electron chi connectivity index (χ4n) is 3.64. The Morgan fingerprint density at radius 1 is 1.03 bits per heavy atom. The molecule has 3 aromatic rings. The third-order valence-corrected chi connectivity index (χ3v) is 5.49. The zero-order chi connectivity index (χ0) is 21.1. The van der Waals surface area contributed by atoms with E-state index in [2.05, 4.69) is 16.9 Å². The molecular formula is C23H25FN4O2. The first-order valence-electron chi connectivity index (χ1n) is 10.1. The van der Waals surface area contributed by atoms with E-state index in [0.717, 1.165) is 30.9 Å². The number of benzene rings is 2. The topological polar surface area (TPSA) is 50.6 Å². The largest absolute Gasteiger partial charge is 0.497 e. The van der Waals surface area contributed by atoms with Crippen molar-refractivity contribution in [3.05, 3.63) is 66.1 Å². The number of likely N-dealkylation sites (N-methyl/N-ethyl adjacent to an activating group) is 1. The lowest BCUT2D eigenvalue weighted by atomic mass is 10.1. The second-order valence-electron chi connectivity index (χ2n) is 7.26. The molecule has 2 aromatic carbocycles. The Hall–Kier alpha value is -3.19. The second kappa shape index (κ2) is 8.67. The minimum atomic E-state index is -0.329. The summed E-state index contributed by atoms with van der Waals surface area (Å²) >= 11 is 0. The molecule has 7 heteroatoms. The number of nitrogens with zero attached hydrogens (tertiary/aromatic N) is 4. The molecule has 0 unspecified atom stereocenters. The maximum absolute atomic E-state index is 13.4. The molecular weight excluding hydrogens is 383 g/mol. The van der Waals surface area contributed by atoms with Crippen molar-refractivity contribution in [2.24, 2.45) is 0 Å². The van der Waals surface area contributed by atoms with Gasteiger partial charge in [0.1, 0.15) is 17.3 Å². The fourth-order valence-corrected chi connectivity index (χ4v) is 3.64. The monoisotopic (exact) mass is 408 g/mol. The van der Waals surface area contributed by atoms with Gasteiger partial charge in [0.2, 0.25) is 0 Å². The Morgan fingerprint density at radius 2 is 1.70 bits per heavy atom. The summed E-state index contributed by atoms with van der Waals surface area (Å²) in [6, 6.07) is 15.3. The second-order valence-corrected chi connectivity index (χ2v) is 7.26. The molecule has 1 saturated heterocycles. The summed E-state index contributed by atoms with van der Waals surface area (Å²) in [7, 11) is 1.62. The van der Waals surface area contributed by atoms with Gasteiger partial charge >= 0.3 is 0 Å². The normalized spacial score (nSPS) is 14.7. The first-order valence-corrected chi connectivity index (χ1v) is 10.1. The molecule has 4 rings (SSSR count). The Morgan fingerprint density at radius 3 is 2.30 bits per heavy atom. The maximum atomic E-state index is 13.4. The Balaban J connectivity index is 1.70. The van der Waals surface area contributed by atoms with E-state index in [1.807, 2.05) is 29.2 Å². The van der Waals surface area contributed by atoms with E-state index in [4.69, 9.17) is 4.74 Å². The van der Waals surface area contributed by atoms with Crippen molar-refractivity contribution in [3.63, 3.8) is 0 Å². The molecule has 0 spiro atoms. The average Bonchev–Trinajstić information content (AvgIpc) is 3.24. The molecule has 1 amide bonds. The van der Waals surface area contributed by atoms with Crippen molar-refractivity contribution in [2.75, 3.05) is 39.8 Å². The number of hydrogen-bond acceptors (Lipinski definition) is 4. The molecule has 30 heavy (non-hydrogen) atoms. The van der Waals surface area contributed by atoms with E-state index in [1.165, 1.54) is 12.1 Å². The molecule has 0 aliphatic carbocycles. The molecule has 0 radical (unpaired) electrons. The van der Waals surface area contributed by atoms with E-state index >= 15 is 0 Å². The van der Waals surface area contributed by atoms with Gasteiger partial charge in [-0.15, -0.1) is 0 Å². The summed E-state index contributed by atoms with van der Waals surface area (Å²) in [5, 5.41) is 4.68. The highest BCUT2D eigenvalue weighted by atomic mass is 19.1. The van der Waals surface area contributed by atoms with Gasteiger partial charge < -0.3 is 14.5 Å². The Labute approximate surface area is 175 Å². The van der Waals surface area contributed by atoms with E-state index < -0.39 is 0 Å². The van der Waals surface area contributed by atoms with E-state index in [1.54, 1.807) is 30.0 Å². The van der Waals surface area contributed by atoms with Gasteiger partial charge in [0, 0.05) is 31.7 Å². The molecule has 0 saturated carbocycles. The van der Waals surface area contributed by atoms with Crippen LogP contribution in [0.15, 0.2) is 54.6 Å². The molecule has 0 N–H and O–H groups in total. The number of halogens is 1. The number of rotatable bonds is 5. The standard InChI is InChI=1S/C23H25FN4O2/c1-3-26-12-14-27(15-13-26)23(29)22-16-21(17-4-10-20(30-2)11-5-17)25-28(22)19-8-6-18(24)7-9-19/h4-11,16H,3,12-15H2,1-2H3. The zero-order valence-corrected chi connectivity index (χ0v) is 17.2. The lowest BCUT2D eigenvalue weighted by molar-refractivity contribution is 0.0634. The summed E-state index contributed by atoms with van der Waals surface area (Å²) in [6.45, 7) is 6.19. The molecule has 2 heterocycles. The van der Waals surface area contributed by atoms with Crippen molar-refractivity contribution in [1.82, 2.24) is 19.6 Å². The maximum Gasteiger partial charge on any atom is 0.272 e. The molecule has 1 aliphatic heterocycles. The summed E-state index contributed by atoms with van der Waals surface area (Å²) < 4.78 is 20.3. The van der Waals surface area contributed by atoms with Gasteiger partial charge in [-0.1, -0.05) is 6.92 Å². The number of amides is 1. The molecule has 1 fully saturated rings.